The summed E-state index contributed by atoms with van der Waals surface area (Å²) < 4.78 is 24.1. The molecule has 4 unspecified atom stereocenters. The molecule has 8 aromatic carbocycles. The number of carbonyl (C=O) groups is 8. The van der Waals surface area contributed by atoms with Crippen LogP contribution in [0, 0.1) is 33.5 Å². The van der Waals surface area contributed by atoms with Crippen LogP contribution in [0.15, 0.2) is 277 Å². The van der Waals surface area contributed by atoms with E-state index < -0.39 is 76.7 Å². The van der Waals surface area contributed by atoms with Gasteiger partial charge in [-0.1, -0.05) is 249 Å². The number of methoxy groups -OCH3 is 1. The first-order chi connectivity index (χ1) is 64.1. The molecule has 0 spiro atoms. The van der Waals surface area contributed by atoms with Crippen LogP contribution < -0.4 is 29.2 Å². The molecule has 4 atom stereocenters. The Morgan fingerprint density at radius 3 is 0.993 bits per heavy atom. The number of aryl methyl sites for hydroxylation is 4. The zero-order chi connectivity index (χ0) is 95.8. The maximum atomic E-state index is 13.5. The topological polar surface area (TPSA) is 342 Å². The van der Waals surface area contributed by atoms with Gasteiger partial charge in [-0.2, -0.15) is 10.2 Å². The van der Waals surface area contributed by atoms with Gasteiger partial charge in [-0.05, 0) is 168 Å². The van der Waals surface area contributed by atoms with Gasteiger partial charge >= 0.3 is 23.6 Å². The number of morpholine rings is 1. The third-order valence-electron chi connectivity index (χ3n) is 24.0. The number of nitrogens with zero attached hydrogens (tertiary/aromatic N) is 12. The molecule has 5 saturated heterocycles. The van der Waals surface area contributed by atoms with Crippen molar-refractivity contribution in [2.75, 3.05) is 57.9 Å². The number of benzene rings is 8. The molecule has 4 aromatic heterocycles. The summed E-state index contributed by atoms with van der Waals surface area (Å²) in [7, 11) is 1.55. The van der Waals surface area contributed by atoms with E-state index in [2.05, 4.69) is 103 Å². The molecule has 12 aromatic rings. The van der Waals surface area contributed by atoms with Crippen LogP contribution in [0.3, 0.4) is 0 Å². The molecule has 17 rings (SSSR count). The number of pyridine rings is 1. The Hall–Kier alpha value is -15.6. The lowest BCUT2D eigenvalue weighted by Gasteiger charge is -2.28. The van der Waals surface area contributed by atoms with Crippen molar-refractivity contribution < 1.29 is 72.6 Å². The van der Waals surface area contributed by atoms with E-state index in [0.29, 0.717) is 106 Å². The Morgan fingerprint density at radius 2 is 0.694 bits per heavy atom. The van der Waals surface area contributed by atoms with Crippen molar-refractivity contribution in [1.82, 2.24) is 35.6 Å². The normalized spacial score (nSPS) is 18.4. The molecule has 4 N–H and O–H groups in total. The first-order valence-electron chi connectivity index (χ1n) is 44.0. The molecule has 4 amide bonds. The van der Waals surface area contributed by atoms with E-state index in [1.807, 2.05) is 154 Å². The van der Waals surface area contributed by atoms with Gasteiger partial charge in [-0.3, -0.25) is 58.0 Å². The molecule has 5 fully saturated rings. The van der Waals surface area contributed by atoms with Crippen LogP contribution in [-0.4, -0.2) is 136 Å². The van der Waals surface area contributed by atoms with E-state index in [1.54, 1.807) is 111 Å². The highest BCUT2D eigenvalue weighted by Gasteiger charge is 2.52. The van der Waals surface area contributed by atoms with Crippen molar-refractivity contribution in [2.24, 2.45) is 0 Å². The quantitative estimate of drug-likeness (QED) is 0.0374. The SMILES string of the molecule is COc1ccc(C(O)=C2C(=O)C(=O)N(c3ccc(C)nn3)C2c2ccc(C(C)(C)C)cc2)cc1.Cc1ccc(C(O)=C2C(=O)C(=O)N(c3ccc(F)cn3)C2c2ccc(C(C)C)cc2)cc1.Cc1ccc(C(O)=C2C(=O)C(=O)N(c3ccc(N4CCOCC4)nn3)C2c2ccc(C(C)C)cc2)cc1.Cc1ccc(C(O)=C2C(=O)C(=O)N(c3cccnn3)C2c2ccc(C(C)C)cc2)cc1. The van der Waals surface area contributed by atoms with Crippen LogP contribution in [0.2, 0.25) is 0 Å². The minimum absolute atomic E-state index is 0.000973. The summed E-state index contributed by atoms with van der Waals surface area (Å²) in [6.45, 7) is 29.1. The zero-order valence-electron chi connectivity index (χ0n) is 76.7. The van der Waals surface area contributed by atoms with Crippen LogP contribution in [0.1, 0.15) is 193 Å². The van der Waals surface area contributed by atoms with Crippen LogP contribution in [0.5, 0.6) is 5.75 Å². The lowest BCUT2D eigenvalue weighted by molar-refractivity contribution is -0.132. The van der Waals surface area contributed by atoms with Gasteiger partial charge in [-0.15, -0.1) is 20.4 Å². The minimum atomic E-state index is -0.893. The van der Waals surface area contributed by atoms with Crippen LogP contribution >= 0.6 is 0 Å². The largest absolute Gasteiger partial charge is 0.507 e. The summed E-state index contributed by atoms with van der Waals surface area (Å²) in [6, 6.07) is 68.1. The third-order valence-corrected chi connectivity index (χ3v) is 24.0. The summed E-state index contributed by atoms with van der Waals surface area (Å²) >= 11 is 0. The molecular formula is C107H103FN12O14. The van der Waals surface area contributed by atoms with Gasteiger partial charge < -0.3 is 34.8 Å². The van der Waals surface area contributed by atoms with Crippen molar-refractivity contribution in [3.05, 3.63) is 372 Å². The number of aromatic nitrogens is 7. The van der Waals surface area contributed by atoms with Crippen molar-refractivity contribution in [3.63, 3.8) is 0 Å². The average Bonchev–Trinajstić information content (AvgIpc) is 1.61. The number of halogens is 1. The monoisotopic (exact) mass is 1800 g/mol. The van der Waals surface area contributed by atoms with E-state index in [9.17, 15) is 63.2 Å². The molecule has 27 heteroatoms. The molecule has 0 saturated carbocycles. The van der Waals surface area contributed by atoms with E-state index in [4.69, 9.17) is 9.47 Å². The van der Waals surface area contributed by atoms with Gasteiger partial charge in [0.2, 0.25) is 0 Å². The highest BCUT2D eigenvalue weighted by Crippen LogP contribution is 2.48. The Kier molecular flexibility index (Phi) is 28.5. The summed E-state index contributed by atoms with van der Waals surface area (Å²) in [5.41, 5.74) is 12.7. The molecule has 134 heavy (non-hydrogen) atoms. The minimum Gasteiger partial charge on any atom is -0.507 e. The molecule has 5 aliphatic heterocycles. The number of ether oxygens (including phenoxy) is 2. The number of aliphatic hydroxyl groups excluding tert-OH is 4. The molecule has 5 aliphatic rings. The van der Waals surface area contributed by atoms with E-state index in [-0.39, 0.29) is 74.0 Å². The number of Topliss-reactive ketones (excluding diaryl/α,β-unsaturated/α-hetero) is 4. The molecule has 26 nitrogen and oxygen atoms in total. The Labute approximate surface area is 776 Å². The predicted octanol–water partition coefficient (Wildman–Crippen LogP) is 18.9. The fraction of sp³-hybridized carbons (Fsp3) is 0.243. The van der Waals surface area contributed by atoms with Gasteiger partial charge in [-0.25, -0.2) is 9.37 Å². The summed E-state index contributed by atoms with van der Waals surface area (Å²) in [5.74, 6) is -4.51. The van der Waals surface area contributed by atoms with Crippen LogP contribution in [0.4, 0.5) is 33.5 Å². The molecule has 0 radical (unpaired) electrons. The summed E-state index contributed by atoms with van der Waals surface area (Å²) in [5, 5.41) is 69.4. The second-order valence-corrected chi connectivity index (χ2v) is 35.1. The Balaban J connectivity index is 0.000000144. The first-order valence-corrected chi connectivity index (χ1v) is 44.0. The van der Waals surface area contributed by atoms with Crippen molar-refractivity contribution >= 4 is 98.9 Å². The van der Waals surface area contributed by atoms with Gasteiger partial charge in [0.1, 0.15) is 40.4 Å². The number of anilines is 5. The Bertz CT molecular complexity index is 6520. The van der Waals surface area contributed by atoms with E-state index >= 15 is 0 Å². The first kappa shape index (κ1) is 94.5. The highest BCUT2D eigenvalue weighted by atomic mass is 19.1. The third kappa shape index (κ3) is 20.0. The van der Waals surface area contributed by atoms with Gasteiger partial charge in [0, 0.05) is 41.5 Å². The molecule has 0 bridgehead atoms. The van der Waals surface area contributed by atoms with Crippen molar-refractivity contribution in [2.45, 2.75) is 137 Å². The van der Waals surface area contributed by atoms with Crippen LogP contribution in [0.25, 0.3) is 23.0 Å². The summed E-state index contributed by atoms with van der Waals surface area (Å²) in [6.07, 6.45) is 2.49. The number of hydrogen-bond donors (Lipinski definition) is 4. The van der Waals surface area contributed by atoms with Crippen molar-refractivity contribution in [3.8, 4) is 5.75 Å². The van der Waals surface area contributed by atoms with Gasteiger partial charge in [0.25, 0.3) is 23.1 Å². The number of hydrogen-bond acceptors (Lipinski definition) is 22. The second kappa shape index (κ2) is 40.4. The van der Waals surface area contributed by atoms with Crippen LogP contribution in [-0.2, 0) is 48.5 Å². The van der Waals surface area contributed by atoms with Gasteiger partial charge in [0.15, 0.2) is 23.3 Å². The molecule has 9 heterocycles. The molecule has 0 aliphatic carbocycles. The number of ketones is 4. The van der Waals surface area contributed by atoms with E-state index in [1.165, 1.54) is 37.9 Å². The number of rotatable bonds is 17. The lowest BCUT2D eigenvalue weighted by atomic mass is 9.85. The maximum Gasteiger partial charge on any atom is 0.301 e. The summed E-state index contributed by atoms with van der Waals surface area (Å²) in [4.78, 5) is 117. The lowest BCUT2D eigenvalue weighted by Crippen LogP contribution is -2.37. The number of aliphatic hydroxyl groups is 4. The molecule has 682 valence electrons. The predicted molar refractivity (Wildman–Crippen MR) is 510 cm³/mol. The smallest absolute Gasteiger partial charge is 0.301 e. The van der Waals surface area contributed by atoms with Crippen molar-refractivity contribution in [1.29, 1.82) is 0 Å². The second-order valence-electron chi connectivity index (χ2n) is 35.1. The molecular weight excluding hydrogens is 1700 g/mol. The standard InChI is InChI=1S/C29H30N4O4.C27H27N3O4.C26H23FN2O3.C25H23N3O3/c1-18(2)20-8-10-21(11-9-20)26-25(27(34)22-6-4-19(3)5-7-22)28(35)29(36)33(26)24-13-12-23(30-31-24)32-14-16-37-17-15-32;1-16-6-15-21(29-28-16)30-23(17-7-11-19(12-8-17)27(2,3)4)22(25(32)26(30)33)24(31)18-9-13-20(34-5)14-10-18;1-15(2)17-8-10-18(11-9-17)23-22(24(30)19-6-4-16(3)5-7-19)25(31)26(32)29(23)21-13-12-20(27)14-28-21;1-15(2)17-10-12-18(13-11-17)22-21(23(29)19-8-6-16(3)7-9-19)24(30)25(31)28(22)20-5-4-14-26-27-20/h4-13,18,26,34H,14-17H2,1-3H3;6-15,23,31H,1-5H3;4-15,23,30H,1-3H3;4-15,22,29H,1-3H3. The fourth-order valence-electron chi connectivity index (χ4n) is 16.3. The maximum absolute atomic E-state index is 13.5. The zero-order valence-corrected chi connectivity index (χ0v) is 76.7. The fourth-order valence-corrected chi connectivity index (χ4v) is 16.3. The Morgan fingerprint density at radius 1 is 0.381 bits per heavy atom. The number of carbonyl (C=O) groups excluding carboxylic acids is 8. The van der Waals surface area contributed by atoms with E-state index in [0.717, 1.165) is 45.1 Å². The number of amides is 4. The van der Waals surface area contributed by atoms with Gasteiger partial charge in [0.05, 0.1) is 78.7 Å². The highest BCUT2D eigenvalue weighted by molar-refractivity contribution is 6.54. The average molecular weight is 1800 g/mol.